The summed E-state index contributed by atoms with van der Waals surface area (Å²) in [5, 5.41) is 8.80. The van der Waals surface area contributed by atoms with Crippen LogP contribution in [0.15, 0.2) is 24.3 Å². The highest BCUT2D eigenvalue weighted by molar-refractivity contribution is 5.96. The molecule has 0 fully saturated rings. The molecule has 0 aromatic heterocycles. The number of methoxy groups -OCH3 is 1. The number of rotatable bonds is 5. The van der Waals surface area contributed by atoms with E-state index in [2.05, 4.69) is 0 Å². The third kappa shape index (κ3) is 3.48. The molecule has 0 unspecified atom stereocenters. The van der Waals surface area contributed by atoms with Crippen LogP contribution in [0.4, 0.5) is 0 Å². The lowest BCUT2D eigenvalue weighted by Crippen LogP contribution is -2.40. The Labute approximate surface area is 106 Å². The van der Waals surface area contributed by atoms with E-state index in [0.717, 1.165) is 0 Å². The summed E-state index contributed by atoms with van der Waals surface area (Å²) in [6.07, 6.45) is 0. The average molecular weight is 251 g/mol. The lowest BCUT2D eigenvalue weighted by molar-refractivity contribution is -0.138. The normalized spacial score (nSPS) is 10.2. The minimum absolute atomic E-state index is 0.171. The molecule has 0 bridgehead atoms. The Hall–Kier alpha value is -2.04. The number of carboxylic acid groups (broad SMARTS) is 1. The molecule has 0 saturated heterocycles. The number of carboxylic acids is 1. The number of hydrogen-bond donors (Lipinski definition) is 1. The number of carbonyl (C=O) groups excluding carboxylic acids is 1. The summed E-state index contributed by atoms with van der Waals surface area (Å²) < 4.78 is 5.00. The molecule has 0 saturated carbocycles. The first-order chi connectivity index (χ1) is 8.45. The first-order valence-electron chi connectivity index (χ1n) is 5.62. The Bertz CT molecular complexity index is 425. The number of benzene rings is 1. The van der Waals surface area contributed by atoms with Crippen LogP contribution in [0.3, 0.4) is 0 Å². The van der Waals surface area contributed by atoms with Crippen LogP contribution in [0.5, 0.6) is 5.75 Å². The topological polar surface area (TPSA) is 66.8 Å². The van der Waals surface area contributed by atoms with E-state index in [1.807, 2.05) is 0 Å². The van der Waals surface area contributed by atoms with Crippen molar-refractivity contribution in [3.63, 3.8) is 0 Å². The zero-order chi connectivity index (χ0) is 13.7. The van der Waals surface area contributed by atoms with Crippen LogP contribution in [0.2, 0.25) is 0 Å². The summed E-state index contributed by atoms with van der Waals surface area (Å²) in [5.74, 6) is -0.665. The van der Waals surface area contributed by atoms with E-state index in [0.29, 0.717) is 11.3 Å². The number of nitrogens with zero attached hydrogens (tertiary/aromatic N) is 1. The van der Waals surface area contributed by atoms with Crippen molar-refractivity contribution in [2.24, 2.45) is 0 Å². The number of amides is 1. The number of aliphatic carboxylic acids is 1. The molecule has 5 nitrogen and oxygen atoms in total. The highest BCUT2D eigenvalue weighted by Crippen LogP contribution is 2.14. The zero-order valence-electron chi connectivity index (χ0n) is 10.7. The van der Waals surface area contributed by atoms with Gasteiger partial charge in [-0.1, -0.05) is 0 Å². The van der Waals surface area contributed by atoms with Gasteiger partial charge in [-0.2, -0.15) is 0 Å². The first kappa shape index (κ1) is 14.0. The highest BCUT2D eigenvalue weighted by atomic mass is 16.5. The van der Waals surface area contributed by atoms with Crippen molar-refractivity contribution >= 4 is 11.9 Å². The second kappa shape index (κ2) is 6.05. The Kier molecular flexibility index (Phi) is 4.71. The maximum Gasteiger partial charge on any atom is 0.323 e. The van der Waals surface area contributed by atoms with E-state index in [4.69, 9.17) is 9.84 Å². The molecular weight excluding hydrogens is 234 g/mol. The summed E-state index contributed by atoms with van der Waals surface area (Å²) in [5.41, 5.74) is 0.450. The van der Waals surface area contributed by atoms with Gasteiger partial charge in [0.25, 0.3) is 5.91 Å². The van der Waals surface area contributed by atoms with Gasteiger partial charge < -0.3 is 14.7 Å². The van der Waals surface area contributed by atoms with E-state index < -0.39 is 5.97 Å². The molecule has 1 N–H and O–H groups in total. The molecule has 5 heteroatoms. The molecule has 18 heavy (non-hydrogen) atoms. The Morgan fingerprint density at radius 1 is 1.28 bits per heavy atom. The fourth-order valence-electron chi connectivity index (χ4n) is 1.53. The summed E-state index contributed by atoms with van der Waals surface area (Å²) in [4.78, 5) is 24.2. The van der Waals surface area contributed by atoms with Gasteiger partial charge in [-0.15, -0.1) is 0 Å². The summed E-state index contributed by atoms with van der Waals surface area (Å²) in [6, 6.07) is 6.42. The van der Waals surface area contributed by atoms with Crippen molar-refractivity contribution in [2.45, 2.75) is 19.9 Å². The van der Waals surface area contributed by atoms with Gasteiger partial charge in [0.15, 0.2) is 0 Å². The van der Waals surface area contributed by atoms with E-state index in [9.17, 15) is 9.59 Å². The Balaban J connectivity index is 2.90. The molecule has 1 amide bonds. The van der Waals surface area contributed by atoms with Crippen LogP contribution in [-0.4, -0.2) is 41.6 Å². The Morgan fingerprint density at radius 3 is 2.22 bits per heavy atom. The van der Waals surface area contributed by atoms with E-state index in [-0.39, 0.29) is 18.5 Å². The molecule has 0 heterocycles. The van der Waals surface area contributed by atoms with Crippen molar-refractivity contribution in [1.82, 2.24) is 4.90 Å². The molecule has 0 aliphatic heterocycles. The van der Waals surface area contributed by atoms with Crippen molar-refractivity contribution in [3.05, 3.63) is 29.8 Å². The lowest BCUT2D eigenvalue weighted by atomic mass is 10.1. The zero-order valence-corrected chi connectivity index (χ0v) is 10.7. The van der Waals surface area contributed by atoms with Gasteiger partial charge >= 0.3 is 5.97 Å². The quantitative estimate of drug-likeness (QED) is 0.863. The van der Waals surface area contributed by atoms with Crippen LogP contribution in [-0.2, 0) is 4.79 Å². The van der Waals surface area contributed by atoms with Gasteiger partial charge in [0.05, 0.1) is 7.11 Å². The van der Waals surface area contributed by atoms with Gasteiger partial charge in [0.2, 0.25) is 0 Å². The maximum atomic E-state index is 12.1. The van der Waals surface area contributed by atoms with Crippen molar-refractivity contribution in [3.8, 4) is 5.75 Å². The molecule has 0 radical (unpaired) electrons. The van der Waals surface area contributed by atoms with Gasteiger partial charge in [-0.05, 0) is 38.1 Å². The van der Waals surface area contributed by atoms with Gasteiger partial charge in [-0.3, -0.25) is 9.59 Å². The van der Waals surface area contributed by atoms with Crippen LogP contribution >= 0.6 is 0 Å². The fraction of sp³-hybridized carbons (Fsp3) is 0.385. The van der Waals surface area contributed by atoms with E-state index in [1.54, 1.807) is 45.2 Å². The SMILES string of the molecule is COc1ccc(C(=O)N(CC(=O)O)C(C)C)cc1. The standard InChI is InChI=1S/C13H17NO4/c1-9(2)14(8-12(15)16)13(17)10-4-6-11(18-3)7-5-10/h4-7,9H,8H2,1-3H3,(H,15,16). The number of ether oxygens (including phenoxy) is 1. The highest BCUT2D eigenvalue weighted by Gasteiger charge is 2.21. The summed E-state index contributed by atoms with van der Waals surface area (Å²) in [6.45, 7) is 3.26. The van der Waals surface area contributed by atoms with Crippen LogP contribution in [0, 0.1) is 0 Å². The Morgan fingerprint density at radius 2 is 1.83 bits per heavy atom. The third-order valence-electron chi connectivity index (χ3n) is 2.53. The summed E-state index contributed by atoms with van der Waals surface area (Å²) in [7, 11) is 1.54. The second-order valence-electron chi connectivity index (χ2n) is 4.15. The van der Waals surface area contributed by atoms with Crippen LogP contribution in [0.25, 0.3) is 0 Å². The molecule has 0 spiro atoms. The van der Waals surface area contributed by atoms with Crippen LogP contribution < -0.4 is 4.74 Å². The minimum Gasteiger partial charge on any atom is -0.497 e. The summed E-state index contributed by atoms with van der Waals surface area (Å²) >= 11 is 0. The predicted molar refractivity (Wildman–Crippen MR) is 66.8 cm³/mol. The van der Waals surface area contributed by atoms with E-state index >= 15 is 0 Å². The number of carbonyl (C=O) groups is 2. The molecule has 0 atom stereocenters. The minimum atomic E-state index is -1.02. The molecule has 1 aromatic carbocycles. The van der Waals surface area contributed by atoms with E-state index in [1.165, 1.54) is 4.90 Å². The predicted octanol–water partition coefficient (Wildman–Crippen LogP) is 1.63. The molecule has 0 aliphatic rings. The molecule has 1 rings (SSSR count). The second-order valence-corrected chi connectivity index (χ2v) is 4.15. The monoisotopic (exact) mass is 251 g/mol. The lowest BCUT2D eigenvalue weighted by Gasteiger charge is -2.24. The van der Waals surface area contributed by atoms with Gasteiger partial charge in [-0.25, -0.2) is 0 Å². The molecular formula is C13H17NO4. The van der Waals surface area contributed by atoms with Crippen molar-refractivity contribution in [2.75, 3.05) is 13.7 Å². The number of hydrogen-bond acceptors (Lipinski definition) is 3. The largest absolute Gasteiger partial charge is 0.497 e. The average Bonchev–Trinajstić information content (AvgIpc) is 2.34. The first-order valence-corrected chi connectivity index (χ1v) is 5.62. The van der Waals surface area contributed by atoms with Crippen molar-refractivity contribution < 1.29 is 19.4 Å². The van der Waals surface area contributed by atoms with Crippen LogP contribution in [0.1, 0.15) is 24.2 Å². The smallest absolute Gasteiger partial charge is 0.323 e. The molecule has 0 aliphatic carbocycles. The van der Waals surface area contributed by atoms with Gasteiger partial charge in [0, 0.05) is 11.6 Å². The van der Waals surface area contributed by atoms with Gasteiger partial charge in [0.1, 0.15) is 12.3 Å². The molecule has 98 valence electrons. The van der Waals surface area contributed by atoms with Crippen molar-refractivity contribution in [1.29, 1.82) is 0 Å². The fourth-order valence-corrected chi connectivity index (χ4v) is 1.53. The third-order valence-corrected chi connectivity index (χ3v) is 2.53. The maximum absolute atomic E-state index is 12.1. The molecule has 1 aromatic rings.